The lowest BCUT2D eigenvalue weighted by Crippen LogP contribution is -2.49. The molecule has 0 fully saturated rings. The minimum absolute atomic E-state index is 0.195. The number of hydrazine groups is 1. The first-order valence-electron chi connectivity index (χ1n) is 10.5. The Balaban J connectivity index is 2.06. The molecule has 0 radical (unpaired) electrons. The Bertz CT molecular complexity index is 1240. The highest BCUT2D eigenvalue weighted by Crippen LogP contribution is 2.11. The van der Waals surface area contributed by atoms with Gasteiger partial charge in [0.05, 0.1) is 12.9 Å². The van der Waals surface area contributed by atoms with E-state index in [9.17, 15) is 19.2 Å². The van der Waals surface area contributed by atoms with Crippen molar-refractivity contribution in [2.45, 2.75) is 47.3 Å². The molecule has 32 heavy (non-hydrogen) atoms. The van der Waals surface area contributed by atoms with Crippen LogP contribution in [0.1, 0.15) is 33.3 Å². The molecule has 0 unspecified atom stereocenters. The first kappa shape index (κ1) is 23.0. The Labute approximate surface area is 184 Å². The topological polar surface area (TPSA) is 120 Å². The number of benzene rings is 1. The molecule has 2 amide bonds. The van der Waals surface area contributed by atoms with E-state index in [-0.39, 0.29) is 35.5 Å². The lowest BCUT2D eigenvalue weighted by Gasteiger charge is -2.14. The summed E-state index contributed by atoms with van der Waals surface area (Å²) < 4.78 is 3.97. The Morgan fingerprint density at radius 3 is 2.31 bits per heavy atom. The molecule has 0 saturated heterocycles. The zero-order valence-corrected chi connectivity index (χ0v) is 18.7. The normalized spacial score (nSPS) is 11.3. The Morgan fingerprint density at radius 2 is 1.69 bits per heavy atom. The standard InChI is InChI=1S/C22H28N6O4/c1-14(2)10-26-13-23-19-18(26)21(31)28(12-17(29)24-25-20(30)15(3)4)22(32)27(19)11-16-8-6-5-7-9-16/h5-9,13-15H,10-12H2,1-4H3,(H,24,29)(H,25,30). The second-order valence-corrected chi connectivity index (χ2v) is 8.40. The fourth-order valence-corrected chi connectivity index (χ4v) is 3.28. The minimum atomic E-state index is -0.682. The van der Waals surface area contributed by atoms with Crippen LogP contribution in [0.15, 0.2) is 46.2 Å². The van der Waals surface area contributed by atoms with Gasteiger partial charge in [0.1, 0.15) is 6.54 Å². The molecular formula is C22H28N6O4. The number of rotatable bonds is 7. The zero-order valence-electron chi connectivity index (χ0n) is 18.7. The quantitative estimate of drug-likeness (QED) is 0.528. The number of amides is 2. The van der Waals surface area contributed by atoms with Crippen LogP contribution in [0.3, 0.4) is 0 Å². The maximum atomic E-state index is 13.2. The number of hydrogen-bond acceptors (Lipinski definition) is 5. The molecule has 0 spiro atoms. The zero-order chi connectivity index (χ0) is 23.4. The van der Waals surface area contributed by atoms with Gasteiger partial charge < -0.3 is 4.57 Å². The third kappa shape index (κ3) is 4.96. The van der Waals surface area contributed by atoms with Crippen LogP contribution >= 0.6 is 0 Å². The van der Waals surface area contributed by atoms with Gasteiger partial charge in [-0.15, -0.1) is 0 Å². The van der Waals surface area contributed by atoms with E-state index in [1.54, 1.807) is 24.7 Å². The van der Waals surface area contributed by atoms with Crippen molar-refractivity contribution in [2.24, 2.45) is 11.8 Å². The van der Waals surface area contributed by atoms with Crippen LogP contribution in [0, 0.1) is 11.8 Å². The second-order valence-electron chi connectivity index (χ2n) is 8.40. The number of fused-ring (bicyclic) bond motifs is 1. The maximum absolute atomic E-state index is 13.2. The Kier molecular flexibility index (Phi) is 6.92. The molecule has 2 heterocycles. The molecule has 0 aliphatic carbocycles. The second kappa shape index (κ2) is 9.63. The molecule has 0 saturated carbocycles. The first-order valence-corrected chi connectivity index (χ1v) is 10.5. The van der Waals surface area contributed by atoms with Crippen molar-refractivity contribution in [3.63, 3.8) is 0 Å². The summed E-state index contributed by atoms with van der Waals surface area (Å²) in [6.07, 6.45) is 1.54. The molecule has 0 aliphatic rings. The van der Waals surface area contributed by atoms with E-state index in [1.807, 2.05) is 44.2 Å². The van der Waals surface area contributed by atoms with Crippen molar-refractivity contribution in [2.75, 3.05) is 0 Å². The van der Waals surface area contributed by atoms with Gasteiger partial charge in [0, 0.05) is 12.5 Å². The molecule has 3 rings (SSSR count). The van der Waals surface area contributed by atoms with Crippen molar-refractivity contribution in [3.8, 4) is 0 Å². The number of nitrogens with zero attached hydrogens (tertiary/aromatic N) is 4. The van der Waals surface area contributed by atoms with E-state index in [0.717, 1.165) is 10.1 Å². The summed E-state index contributed by atoms with van der Waals surface area (Å²) in [5.74, 6) is -1.15. The van der Waals surface area contributed by atoms with Crippen molar-refractivity contribution in [1.82, 2.24) is 29.5 Å². The summed E-state index contributed by atoms with van der Waals surface area (Å²) in [5.41, 5.74) is 4.68. The van der Waals surface area contributed by atoms with Gasteiger partial charge in [0.25, 0.3) is 11.5 Å². The fraction of sp³-hybridized carbons (Fsp3) is 0.409. The molecule has 170 valence electrons. The minimum Gasteiger partial charge on any atom is -0.324 e. The molecular weight excluding hydrogens is 412 g/mol. The van der Waals surface area contributed by atoms with Crippen molar-refractivity contribution in [1.29, 1.82) is 0 Å². The van der Waals surface area contributed by atoms with E-state index < -0.39 is 23.7 Å². The van der Waals surface area contributed by atoms with E-state index in [0.29, 0.717) is 6.54 Å². The van der Waals surface area contributed by atoms with E-state index in [1.165, 1.54) is 4.57 Å². The molecule has 0 aliphatic heterocycles. The number of nitrogens with one attached hydrogen (secondary N) is 2. The van der Waals surface area contributed by atoms with Gasteiger partial charge in [-0.1, -0.05) is 58.0 Å². The molecule has 2 N–H and O–H groups in total. The maximum Gasteiger partial charge on any atom is 0.333 e. The Morgan fingerprint density at radius 1 is 1.00 bits per heavy atom. The summed E-state index contributed by atoms with van der Waals surface area (Å²) in [7, 11) is 0. The first-order chi connectivity index (χ1) is 15.2. The predicted octanol–water partition coefficient (Wildman–Crippen LogP) is 0.867. The van der Waals surface area contributed by atoms with E-state index in [2.05, 4.69) is 15.8 Å². The number of aromatic nitrogens is 4. The highest BCUT2D eigenvalue weighted by Gasteiger charge is 2.20. The van der Waals surface area contributed by atoms with Crippen molar-refractivity contribution >= 4 is 23.0 Å². The largest absolute Gasteiger partial charge is 0.333 e. The lowest BCUT2D eigenvalue weighted by molar-refractivity contribution is -0.130. The van der Waals surface area contributed by atoms with Gasteiger partial charge in [-0.25, -0.2) is 14.3 Å². The summed E-state index contributed by atoms with van der Waals surface area (Å²) in [6, 6.07) is 9.32. The van der Waals surface area contributed by atoms with E-state index in [4.69, 9.17) is 0 Å². The monoisotopic (exact) mass is 440 g/mol. The number of imidazole rings is 1. The van der Waals surface area contributed by atoms with Gasteiger partial charge in [0.2, 0.25) is 5.91 Å². The average Bonchev–Trinajstić information content (AvgIpc) is 3.16. The predicted molar refractivity (Wildman–Crippen MR) is 120 cm³/mol. The third-order valence-electron chi connectivity index (χ3n) is 4.88. The van der Waals surface area contributed by atoms with Crippen LogP contribution in [0.5, 0.6) is 0 Å². The van der Waals surface area contributed by atoms with Gasteiger partial charge >= 0.3 is 5.69 Å². The van der Waals surface area contributed by atoms with Gasteiger partial charge in [-0.3, -0.25) is 29.8 Å². The summed E-state index contributed by atoms with van der Waals surface area (Å²) >= 11 is 0. The molecule has 3 aromatic rings. The highest BCUT2D eigenvalue weighted by atomic mass is 16.2. The molecule has 2 aromatic heterocycles. The van der Waals surface area contributed by atoms with Gasteiger partial charge in [-0.2, -0.15) is 0 Å². The number of carbonyl (C=O) groups is 2. The Hall–Kier alpha value is -3.69. The molecule has 0 atom stereocenters. The molecule has 0 bridgehead atoms. The smallest absolute Gasteiger partial charge is 0.324 e. The molecule has 10 nitrogen and oxygen atoms in total. The van der Waals surface area contributed by atoms with Crippen molar-refractivity contribution in [3.05, 3.63) is 63.1 Å². The highest BCUT2D eigenvalue weighted by molar-refractivity contribution is 5.83. The number of hydrogen-bond donors (Lipinski definition) is 2. The fourth-order valence-electron chi connectivity index (χ4n) is 3.28. The van der Waals surface area contributed by atoms with Crippen LogP contribution in [0.4, 0.5) is 0 Å². The van der Waals surface area contributed by atoms with Gasteiger partial charge in [-0.05, 0) is 11.5 Å². The van der Waals surface area contributed by atoms with Gasteiger partial charge in [0.15, 0.2) is 11.2 Å². The average molecular weight is 441 g/mol. The summed E-state index contributed by atoms with van der Waals surface area (Å²) in [6.45, 7) is 7.57. The summed E-state index contributed by atoms with van der Waals surface area (Å²) in [5, 5.41) is 0. The van der Waals surface area contributed by atoms with Crippen molar-refractivity contribution < 1.29 is 9.59 Å². The van der Waals surface area contributed by atoms with Crippen LogP contribution in [-0.2, 0) is 29.2 Å². The van der Waals surface area contributed by atoms with Crippen LogP contribution < -0.4 is 22.1 Å². The SMILES string of the molecule is CC(C)Cn1cnc2c1c(=O)n(CC(=O)NNC(=O)C(C)C)c(=O)n2Cc1ccccc1. The lowest BCUT2D eigenvalue weighted by atomic mass is 10.2. The molecule has 1 aromatic carbocycles. The molecule has 10 heteroatoms. The van der Waals surface area contributed by atoms with E-state index >= 15 is 0 Å². The summed E-state index contributed by atoms with van der Waals surface area (Å²) in [4.78, 5) is 54.9. The number of carbonyl (C=O) groups excluding carboxylic acids is 2. The van der Waals surface area contributed by atoms with Crippen LogP contribution in [-0.4, -0.2) is 30.5 Å². The third-order valence-corrected chi connectivity index (χ3v) is 4.88. The van der Waals surface area contributed by atoms with Crippen LogP contribution in [0.25, 0.3) is 11.2 Å². The van der Waals surface area contributed by atoms with Crippen LogP contribution in [0.2, 0.25) is 0 Å².